The minimum atomic E-state index is 0.744. The molecule has 0 atom stereocenters. The lowest BCUT2D eigenvalue weighted by Crippen LogP contribution is -1.95. The summed E-state index contributed by atoms with van der Waals surface area (Å²) >= 11 is 6.88. The van der Waals surface area contributed by atoms with Gasteiger partial charge in [-0.3, -0.25) is 4.98 Å². The number of aromatic nitrogens is 1. The van der Waals surface area contributed by atoms with Crippen LogP contribution >= 0.6 is 31.9 Å². The topological polar surface area (TPSA) is 38.9 Å². The molecule has 0 aliphatic carbocycles. The van der Waals surface area contributed by atoms with Crippen LogP contribution in [0.5, 0.6) is 0 Å². The molecule has 1 aromatic carbocycles. The minimum absolute atomic E-state index is 0.744. The Morgan fingerprint density at radius 3 is 2.71 bits per heavy atom. The Bertz CT molecular complexity index is 509. The quantitative estimate of drug-likeness (QED) is 0.806. The van der Waals surface area contributed by atoms with Gasteiger partial charge in [-0.25, -0.2) is 0 Å². The summed E-state index contributed by atoms with van der Waals surface area (Å²) in [6.45, 7) is 1.93. The van der Waals surface area contributed by atoms with Gasteiger partial charge in [0, 0.05) is 9.86 Å². The van der Waals surface area contributed by atoms with Gasteiger partial charge in [-0.2, -0.15) is 0 Å². The maximum atomic E-state index is 5.98. The molecule has 1 aromatic heterocycles. The molecule has 72 valence electrons. The largest absolute Gasteiger partial charge is 0.397 e. The Balaban J connectivity index is 2.98. The molecule has 0 fully saturated rings. The van der Waals surface area contributed by atoms with Gasteiger partial charge in [0.25, 0.3) is 0 Å². The Labute approximate surface area is 98.8 Å². The van der Waals surface area contributed by atoms with Crippen LogP contribution in [0.4, 0.5) is 5.69 Å². The molecule has 0 saturated heterocycles. The van der Waals surface area contributed by atoms with Crippen molar-refractivity contribution in [2.45, 2.75) is 6.92 Å². The molecular formula is C10H8Br2N2. The number of pyridine rings is 1. The molecule has 4 heteroatoms. The van der Waals surface area contributed by atoms with Gasteiger partial charge in [0.05, 0.1) is 21.4 Å². The second-order valence-electron chi connectivity index (χ2n) is 3.06. The lowest BCUT2D eigenvalue weighted by molar-refractivity contribution is 1.23. The maximum Gasteiger partial charge on any atom is 0.0868 e. The molecule has 0 unspecified atom stereocenters. The van der Waals surface area contributed by atoms with Gasteiger partial charge in [-0.05, 0) is 44.8 Å². The summed E-state index contributed by atoms with van der Waals surface area (Å²) in [5.41, 5.74) is 8.54. The SMILES string of the molecule is Cc1nc2c(Br)cccc2c(N)c1Br. The molecule has 2 rings (SSSR count). The van der Waals surface area contributed by atoms with Crippen LogP contribution in [-0.2, 0) is 0 Å². The fourth-order valence-electron chi connectivity index (χ4n) is 1.38. The molecule has 0 aliphatic heterocycles. The van der Waals surface area contributed by atoms with E-state index in [9.17, 15) is 0 Å². The van der Waals surface area contributed by atoms with E-state index in [1.807, 2.05) is 25.1 Å². The summed E-state index contributed by atoms with van der Waals surface area (Å²) < 4.78 is 1.85. The highest BCUT2D eigenvalue weighted by molar-refractivity contribution is 9.11. The number of fused-ring (bicyclic) bond motifs is 1. The van der Waals surface area contributed by atoms with Crippen molar-refractivity contribution in [1.29, 1.82) is 0 Å². The molecule has 0 saturated carbocycles. The number of aryl methyl sites for hydroxylation is 1. The molecule has 0 spiro atoms. The van der Waals surface area contributed by atoms with Crippen LogP contribution in [0.2, 0.25) is 0 Å². The number of rotatable bonds is 0. The van der Waals surface area contributed by atoms with E-state index < -0.39 is 0 Å². The molecule has 0 aliphatic rings. The third-order valence-electron chi connectivity index (χ3n) is 2.11. The second-order valence-corrected chi connectivity index (χ2v) is 4.71. The molecule has 14 heavy (non-hydrogen) atoms. The summed E-state index contributed by atoms with van der Waals surface area (Å²) in [7, 11) is 0. The average molecular weight is 316 g/mol. The third kappa shape index (κ3) is 1.42. The van der Waals surface area contributed by atoms with Crippen LogP contribution in [-0.4, -0.2) is 4.98 Å². The number of nitrogens with zero attached hydrogens (tertiary/aromatic N) is 1. The first-order valence-corrected chi connectivity index (χ1v) is 5.69. The molecule has 0 amide bonds. The zero-order chi connectivity index (χ0) is 10.3. The summed E-state index contributed by atoms with van der Waals surface area (Å²) in [4.78, 5) is 4.46. The van der Waals surface area contributed by atoms with Crippen molar-refractivity contribution in [2.75, 3.05) is 5.73 Å². The zero-order valence-electron chi connectivity index (χ0n) is 7.51. The minimum Gasteiger partial charge on any atom is -0.397 e. The highest BCUT2D eigenvalue weighted by Crippen LogP contribution is 2.32. The summed E-state index contributed by atoms with van der Waals surface area (Å²) in [6.07, 6.45) is 0. The number of hydrogen-bond donors (Lipinski definition) is 1. The highest BCUT2D eigenvalue weighted by Gasteiger charge is 2.08. The number of anilines is 1. The smallest absolute Gasteiger partial charge is 0.0868 e. The molecule has 0 bridgehead atoms. The van der Waals surface area contributed by atoms with Crippen molar-refractivity contribution in [3.05, 3.63) is 32.8 Å². The van der Waals surface area contributed by atoms with E-state index in [4.69, 9.17) is 5.73 Å². The van der Waals surface area contributed by atoms with Gasteiger partial charge in [-0.1, -0.05) is 12.1 Å². The maximum absolute atomic E-state index is 5.98. The van der Waals surface area contributed by atoms with Crippen molar-refractivity contribution in [2.24, 2.45) is 0 Å². The Hall–Kier alpha value is -0.610. The van der Waals surface area contributed by atoms with Gasteiger partial charge in [0.2, 0.25) is 0 Å². The number of nitrogens with two attached hydrogens (primary N) is 1. The number of halogens is 2. The number of para-hydroxylation sites is 1. The van der Waals surface area contributed by atoms with E-state index in [2.05, 4.69) is 36.8 Å². The highest BCUT2D eigenvalue weighted by atomic mass is 79.9. The predicted molar refractivity (Wildman–Crippen MR) is 66.3 cm³/mol. The fourth-order valence-corrected chi connectivity index (χ4v) is 2.13. The van der Waals surface area contributed by atoms with Crippen LogP contribution in [0.15, 0.2) is 27.1 Å². The van der Waals surface area contributed by atoms with Crippen molar-refractivity contribution in [3.8, 4) is 0 Å². The first-order valence-electron chi connectivity index (χ1n) is 4.11. The van der Waals surface area contributed by atoms with Gasteiger partial charge in [-0.15, -0.1) is 0 Å². The van der Waals surface area contributed by atoms with E-state index in [1.54, 1.807) is 0 Å². The predicted octanol–water partition coefficient (Wildman–Crippen LogP) is 3.65. The van der Waals surface area contributed by atoms with Crippen molar-refractivity contribution < 1.29 is 0 Å². The molecule has 2 aromatic rings. The summed E-state index contributed by atoms with van der Waals surface area (Å²) in [6, 6.07) is 5.88. The van der Waals surface area contributed by atoms with Gasteiger partial charge < -0.3 is 5.73 Å². The first-order chi connectivity index (χ1) is 6.61. The van der Waals surface area contributed by atoms with Crippen LogP contribution in [0, 0.1) is 6.92 Å². The van der Waals surface area contributed by atoms with Crippen molar-refractivity contribution in [3.63, 3.8) is 0 Å². The first kappa shape index (κ1) is 9.93. The van der Waals surface area contributed by atoms with Crippen molar-refractivity contribution in [1.82, 2.24) is 4.98 Å². The Morgan fingerprint density at radius 1 is 1.29 bits per heavy atom. The number of nitrogen functional groups attached to an aromatic ring is 1. The van der Waals surface area contributed by atoms with Crippen molar-refractivity contribution >= 4 is 48.5 Å². The van der Waals surface area contributed by atoms with E-state index >= 15 is 0 Å². The average Bonchev–Trinajstić information content (AvgIpc) is 2.17. The van der Waals surface area contributed by atoms with Crippen LogP contribution in [0.3, 0.4) is 0 Å². The van der Waals surface area contributed by atoms with E-state index in [1.165, 1.54) is 0 Å². The number of benzene rings is 1. The van der Waals surface area contributed by atoms with Gasteiger partial charge in [0.15, 0.2) is 0 Å². The molecule has 2 nitrogen and oxygen atoms in total. The lowest BCUT2D eigenvalue weighted by Gasteiger charge is -2.07. The molecule has 0 radical (unpaired) electrons. The third-order valence-corrected chi connectivity index (χ3v) is 3.75. The summed E-state index contributed by atoms with van der Waals surface area (Å²) in [5.74, 6) is 0. The van der Waals surface area contributed by atoms with E-state index in [0.717, 1.165) is 31.2 Å². The van der Waals surface area contributed by atoms with Crippen LogP contribution < -0.4 is 5.73 Å². The number of hydrogen-bond acceptors (Lipinski definition) is 2. The van der Waals surface area contributed by atoms with Gasteiger partial charge in [0.1, 0.15) is 0 Å². The molecule has 1 heterocycles. The fraction of sp³-hybridized carbons (Fsp3) is 0.100. The summed E-state index contributed by atoms with van der Waals surface area (Å²) in [5, 5.41) is 0.969. The monoisotopic (exact) mass is 314 g/mol. The zero-order valence-corrected chi connectivity index (χ0v) is 10.7. The van der Waals surface area contributed by atoms with Crippen LogP contribution in [0.25, 0.3) is 10.9 Å². The Kier molecular flexibility index (Phi) is 2.49. The molecular weight excluding hydrogens is 308 g/mol. The lowest BCUT2D eigenvalue weighted by atomic mass is 10.2. The van der Waals surface area contributed by atoms with Gasteiger partial charge >= 0.3 is 0 Å². The van der Waals surface area contributed by atoms with E-state index in [0.29, 0.717) is 0 Å². The Morgan fingerprint density at radius 2 is 2.00 bits per heavy atom. The van der Waals surface area contributed by atoms with Crippen LogP contribution in [0.1, 0.15) is 5.69 Å². The van der Waals surface area contributed by atoms with E-state index in [-0.39, 0.29) is 0 Å². The second kappa shape index (κ2) is 3.51. The molecule has 2 N–H and O–H groups in total. The normalized spacial score (nSPS) is 10.8. The standard InChI is InChI=1S/C10H8Br2N2/c1-5-8(12)9(13)6-3-2-4-7(11)10(6)14-5/h2-4H,1H3,(H2,13,14).